The number of methoxy groups -OCH3 is 1. The molecule has 12 nitrogen and oxygen atoms in total. The molecule has 3 saturated heterocycles. The van der Waals surface area contributed by atoms with Crippen LogP contribution in [0.2, 0.25) is 0 Å². The number of nitrogens with two attached hydrogens (primary N) is 1. The van der Waals surface area contributed by atoms with Crippen molar-refractivity contribution in [2.24, 2.45) is 11.7 Å². The van der Waals surface area contributed by atoms with Crippen LogP contribution >= 0.6 is 0 Å². The molecule has 3 heterocycles. The Morgan fingerprint density at radius 1 is 1.14 bits per heavy atom. The minimum Gasteiger partial charge on any atom is -0.468 e. The second-order valence-electron chi connectivity index (χ2n) is 10.9. The van der Waals surface area contributed by atoms with Crippen molar-refractivity contribution in [2.75, 3.05) is 66.0 Å². The van der Waals surface area contributed by atoms with Gasteiger partial charge in [0.2, 0.25) is 0 Å². The molecular weight excluding hydrogens is 468 g/mol. The quantitative estimate of drug-likeness (QED) is 0.211. The van der Waals surface area contributed by atoms with E-state index >= 15 is 0 Å². The highest BCUT2D eigenvalue weighted by Gasteiger charge is 2.37. The highest BCUT2D eigenvalue weighted by Crippen LogP contribution is 2.28. The number of carbonyl (C=O) groups is 3. The van der Waals surface area contributed by atoms with Gasteiger partial charge < -0.3 is 24.8 Å². The van der Waals surface area contributed by atoms with E-state index in [1.807, 2.05) is 20.8 Å². The summed E-state index contributed by atoms with van der Waals surface area (Å²) in [5.74, 6) is -0.0285. The maximum Gasteiger partial charge on any atom is 0.410 e. The molecule has 0 spiro atoms. The summed E-state index contributed by atoms with van der Waals surface area (Å²) < 4.78 is 15.8. The minimum atomic E-state index is -0.613. The fourth-order valence-corrected chi connectivity index (χ4v) is 4.99. The molecule has 2 amide bonds. The number of rotatable bonds is 8. The van der Waals surface area contributed by atoms with Crippen molar-refractivity contribution in [2.45, 2.75) is 57.8 Å². The fraction of sp³-hybridized carbons (Fsp3) is 0.833. The summed E-state index contributed by atoms with van der Waals surface area (Å²) >= 11 is 0. The Labute approximate surface area is 213 Å². The first-order chi connectivity index (χ1) is 16.9. The molecule has 0 saturated carbocycles. The van der Waals surface area contributed by atoms with Crippen molar-refractivity contribution in [1.82, 2.24) is 19.6 Å². The van der Waals surface area contributed by atoms with Gasteiger partial charge in [0.1, 0.15) is 17.5 Å². The lowest BCUT2D eigenvalue weighted by Crippen LogP contribution is -2.53. The first-order valence-corrected chi connectivity index (χ1v) is 12.8. The number of amidine groups is 1. The maximum atomic E-state index is 12.6. The molecule has 0 bridgehead atoms. The molecule has 3 aliphatic heterocycles. The van der Waals surface area contributed by atoms with Crippen LogP contribution in [-0.2, 0) is 19.0 Å². The molecule has 204 valence electrons. The second kappa shape index (κ2) is 12.1. The number of amides is 2. The molecule has 3 fully saturated rings. The average molecular weight is 511 g/mol. The summed E-state index contributed by atoms with van der Waals surface area (Å²) in [5.41, 5.74) is 5.21. The molecule has 3 rings (SSSR count). The highest BCUT2D eigenvalue weighted by molar-refractivity contribution is 5.86. The summed E-state index contributed by atoms with van der Waals surface area (Å²) in [6.45, 7) is 11.2. The van der Waals surface area contributed by atoms with Crippen LogP contribution in [0.5, 0.6) is 0 Å². The van der Waals surface area contributed by atoms with E-state index in [0.717, 1.165) is 39.0 Å². The molecule has 12 heteroatoms. The molecule has 0 aromatic heterocycles. The standard InChI is InChI=1S/C24H42N6O6/c1-24(2,3)36-23(33)30-8-6-17(13-19(30)21(25)26)5-7-29-15-18(35-22(29)32)14-27-9-11-28(12-10-27)16-20(31)34-4/h17-19H,5-16H2,1-4H3,(H3,25,26). The third-order valence-electron chi connectivity index (χ3n) is 6.96. The van der Waals surface area contributed by atoms with Crippen LogP contribution in [-0.4, -0.2) is 127 Å². The summed E-state index contributed by atoms with van der Waals surface area (Å²) in [4.78, 5) is 44.1. The highest BCUT2D eigenvalue weighted by atomic mass is 16.6. The van der Waals surface area contributed by atoms with E-state index in [4.69, 9.17) is 25.4 Å². The van der Waals surface area contributed by atoms with E-state index in [1.165, 1.54) is 7.11 Å². The van der Waals surface area contributed by atoms with Crippen molar-refractivity contribution < 1.29 is 28.6 Å². The number of ether oxygens (including phenoxy) is 3. The van der Waals surface area contributed by atoms with E-state index in [-0.39, 0.29) is 29.9 Å². The number of piperidine rings is 1. The third kappa shape index (κ3) is 7.95. The van der Waals surface area contributed by atoms with Crippen LogP contribution in [0.1, 0.15) is 40.0 Å². The molecule has 0 aromatic carbocycles. The third-order valence-corrected chi connectivity index (χ3v) is 6.96. The number of likely N-dealkylation sites (tertiary alicyclic amines) is 1. The van der Waals surface area contributed by atoms with Crippen molar-refractivity contribution >= 4 is 24.0 Å². The van der Waals surface area contributed by atoms with Gasteiger partial charge in [-0.25, -0.2) is 9.59 Å². The number of hydrogen-bond acceptors (Lipinski definition) is 9. The minimum absolute atomic E-state index is 0.0436. The van der Waals surface area contributed by atoms with Gasteiger partial charge in [0.15, 0.2) is 0 Å². The van der Waals surface area contributed by atoms with E-state index in [0.29, 0.717) is 39.1 Å². The summed E-state index contributed by atoms with van der Waals surface area (Å²) in [6, 6.07) is -0.491. The van der Waals surface area contributed by atoms with Gasteiger partial charge in [-0.15, -0.1) is 0 Å². The summed E-state index contributed by atoms with van der Waals surface area (Å²) in [6.07, 6.45) is 1.20. The molecule has 0 aliphatic carbocycles. The Morgan fingerprint density at radius 2 is 1.81 bits per heavy atom. The Morgan fingerprint density at radius 3 is 2.42 bits per heavy atom. The maximum absolute atomic E-state index is 12.6. The molecule has 3 N–H and O–H groups in total. The second-order valence-corrected chi connectivity index (χ2v) is 10.9. The Balaban J connectivity index is 1.42. The van der Waals surface area contributed by atoms with Crippen LogP contribution in [0.3, 0.4) is 0 Å². The van der Waals surface area contributed by atoms with Crippen LogP contribution in [0.4, 0.5) is 9.59 Å². The SMILES string of the molecule is COC(=O)CN1CCN(CC2CN(CCC3CCN(C(=O)OC(C)(C)C)C(C(=N)N)C3)C(=O)O2)CC1. The molecule has 0 radical (unpaired) electrons. The predicted octanol–water partition coefficient (Wildman–Crippen LogP) is 0.940. The molecule has 36 heavy (non-hydrogen) atoms. The lowest BCUT2D eigenvalue weighted by Gasteiger charge is -2.39. The number of piperazine rings is 1. The smallest absolute Gasteiger partial charge is 0.410 e. The van der Waals surface area contributed by atoms with Crippen LogP contribution in [0.25, 0.3) is 0 Å². The van der Waals surface area contributed by atoms with Gasteiger partial charge in [-0.2, -0.15) is 0 Å². The van der Waals surface area contributed by atoms with Gasteiger partial charge in [-0.3, -0.25) is 24.9 Å². The largest absolute Gasteiger partial charge is 0.468 e. The topological polar surface area (TPSA) is 142 Å². The van der Waals surface area contributed by atoms with Crippen molar-refractivity contribution in [3.05, 3.63) is 0 Å². The van der Waals surface area contributed by atoms with Gasteiger partial charge >= 0.3 is 18.2 Å². The molecule has 3 unspecified atom stereocenters. The first kappa shape index (κ1) is 28.0. The number of hydrogen-bond donors (Lipinski definition) is 2. The Kier molecular flexibility index (Phi) is 9.40. The molecule has 3 atom stereocenters. The van der Waals surface area contributed by atoms with Crippen molar-refractivity contribution in [3.8, 4) is 0 Å². The zero-order chi connectivity index (χ0) is 26.5. The predicted molar refractivity (Wildman–Crippen MR) is 133 cm³/mol. The Bertz CT molecular complexity index is 809. The van der Waals surface area contributed by atoms with E-state index < -0.39 is 17.7 Å². The number of cyclic esters (lactones) is 1. The van der Waals surface area contributed by atoms with Crippen molar-refractivity contribution in [1.29, 1.82) is 5.41 Å². The van der Waals surface area contributed by atoms with E-state index in [1.54, 1.807) is 9.80 Å². The zero-order valence-electron chi connectivity index (χ0n) is 22.0. The van der Waals surface area contributed by atoms with Gasteiger partial charge in [-0.05, 0) is 46.0 Å². The molecule has 3 aliphatic rings. The van der Waals surface area contributed by atoms with E-state index in [9.17, 15) is 14.4 Å². The fourth-order valence-electron chi connectivity index (χ4n) is 4.99. The Hall–Kier alpha value is -2.60. The van der Waals surface area contributed by atoms with Crippen LogP contribution in [0.15, 0.2) is 0 Å². The first-order valence-electron chi connectivity index (χ1n) is 12.8. The van der Waals surface area contributed by atoms with Gasteiger partial charge in [0.05, 0.1) is 26.2 Å². The number of nitrogens with zero attached hydrogens (tertiary/aromatic N) is 4. The zero-order valence-corrected chi connectivity index (χ0v) is 22.0. The van der Waals surface area contributed by atoms with E-state index in [2.05, 4.69) is 9.80 Å². The van der Waals surface area contributed by atoms with Gasteiger partial charge in [-0.1, -0.05) is 0 Å². The number of esters is 1. The summed E-state index contributed by atoms with van der Waals surface area (Å²) in [5, 5.41) is 7.98. The molecular formula is C24H42N6O6. The lowest BCUT2D eigenvalue weighted by atomic mass is 9.88. The van der Waals surface area contributed by atoms with Gasteiger partial charge in [0, 0.05) is 45.8 Å². The van der Waals surface area contributed by atoms with Crippen LogP contribution < -0.4 is 5.73 Å². The number of nitrogens with one attached hydrogen (secondary N) is 1. The summed E-state index contributed by atoms with van der Waals surface area (Å²) in [7, 11) is 1.40. The lowest BCUT2D eigenvalue weighted by molar-refractivity contribution is -0.142. The van der Waals surface area contributed by atoms with Gasteiger partial charge in [0.25, 0.3) is 0 Å². The normalized spacial score (nSPS) is 26.0. The van der Waals surface area contributed by atoms with Crippen molar-refractivity contribution in [3.63, 3.8) is 0 Å². The molecule has 0 aromatic rings. The average Bonchev–Trinajstić information content (AvgIpc) is 3.16. The monoisotopic (exact) mass is 510 g/mol. The number of carbonyl (C=O) groups excluding carboxylic acids is 3. The van der Waals surface area contributed by atoms with Crippen LogP contribution in [0, 0.1) is 11.3 Å².